The first-order valence-electron chi connectivity index (χ1n) is 7.49. The van der Waals surface area contributed by atoms with E-state index in [0.717, 1.165) is 28.5 Å². The van der Waals surface area contributed by atoms with Crippen molar-refractivity contribution < 1.29 is 4.79 Å². The van der Waals surface area contributed by atoms with Crippen molar-refractivity contribution in [2.75, 3.05) is 5.32 Å². The second kappa shape index (κ2) is 7.15. The number of amides is 1. The fourth-order valence-corrected chi connectivity index (χ4v) is 3.03. The van der Waals surface area contributed by atoms with Crippen LogP contribution in [0.4, 0.5) is 5.69 Å². The van der Waals surface area contributed by atoms with Gasteiger partial charge in [0.2, 0.25) is 5.91 Å². The number of pyridine rings is 1. The first kappa shape index (κ1) is 15.4. The highest BCUT2D eigenvalue weighted by Crippen LogP contribution is 2.21. The number of hydrogen-bond acceptors (Lipinski definition) is 4. The van der Waals surface area contributed by atoms with Gasteiger partial charge >= 0.3 is 0 Å². The number of anilines is 1. The number of carbonyl (C=O) groups excluding carboxylic acids is 1. The van der Waals surface area contributed by atoms with Crippen molar-refractivity contribution >= 4 is 22.9 Å². The highest BCUT2D eigenvalue weighted by molar-refractivity contribution is 7.13. The summed E-state index contributed by atoms with van der Waals surface area (Å²) in [4.78, 5) is 20.9. The first-order chi connectivity index (χ1) is 11.2. The van der Waals surface area contributed by atoms with Crippen molar-refractivity contribution in [1.82, 2.24) is 9.97 Å². The number of rotatable bonds is 5. The molecule has 3 aromatic rings. The zero-order chi connectivity index (χ0) is 16.1. The lowest BCUT2D eigenvalue weighted by Gasteiger charge is -2.05. The Morgan fingerprint density at radius 3 is 2.91 bits per heavy atom. The summed E-state index contributed by atoms with van der Waals surface area (Å²) in [5.41, 5.74) is 3.63. The lowest BCUT2D eigenvalue weighted by atomic mass is 10.1. The van der Waals surface area contributed by atoms with Crippen LogP contribution < -0.4 is 5.32 Å². The normalized spacial score (nSPS) is 10.5. The third-order valence-corrected chi connectivity index (χ3v) is 4.31. The monoisotopic (exact) mass is 323 g/mol. The number of nitrogens with one attached hydrogen (secondary N) is 1. The summed E-state index contributed by atoms with van der Waals surface area (Å²) in [7, 11) is 0. The van der Waals surface area contributed by atoms with Gasteiger partial charge in [0, 0.05) is 17.3 Å². The maximum Gasteiger partial charge on any atom is 0.230 e. The third kappa shape index (κ3) is 4.02. The van der Waals surface area contributed by atoms with Crippen molar-refractivity contribution in [1.29, 1.82) is 0 Å². The molecule has 0 unspecified atom stereocenters. The predicted molar refractivity (Wildman–Crippen MR) is 93.5 cm³/mol. The molecule has 1 amide bonds. The van der Waals surface area contributed by atoms with Crippen LogP contribution in [0.15, 0.2) is 54.0 Å². The molecule has 0 radical (unpaired) electrons. The quantitative estimate of drug-likeness (QED) is 0.773. The molecular weight excluding hydrogens is 306 g/mol. The Bertz CT molecular complexity index is 799. The molecule has 0 saturated carbocycles. The summed E-state index contributed by atoms with van der Waals surface area (Å²) in [5, 5.41) is 5.67. The van der Waals surface area contributed by atoms with Gasteiger partial charge in [0.15, 0.2) is 0 Å². The second-order valence-corrected chi connectivity index (χ2v) is 6.00. The summed E-state index contributed by atoms with van der Waals surface area (Å²) in [6.07, 6.45) is 2.95. The summed E-state index contributed by atoms with van der Waals surface area (Å²) in [6.45, 7) is 2.09. The summed E-state index contributed by atoms with van der Waals surface area (Å²) in [5.74, 6) is -0.0591. The molecule has 0 aliphatic rings. The van der Waals surface area contributed by atoms with Gasteiger partial charge < -0.3 is 5.32 Å². The maximum absolute atomic E-state index is 12.2. The standard InChI is InChI=1S/C18H17N3OS/c1-2-13-6-5-7-14(10-13)20-17(22)11-15-12-23-18(21-15)16-8-3-4-9-19-16/h3-10,12H,2,11H2,1H3,(H,20,22). The molecule has 2 aromatic heterocycles. The minimum atomic E-state index is -0.0591. The number of aromatic nitrogens is 2. The Balaban J connectivity index is 1.65. The Labute approximate surface area is 139 Å². The predicted octanol–water partition coefficient (Wildman–Crippen LogP) is 3.95. The van der Waals surface area contributed by atoms with Gasteiger partial charge in [0.1, 0.15) is 5.01 Å². The molecule has 0 fully saturated rings. The minimum absolute atomic E-state index is 0.0591. The molecule has 0 spiro atoms. The van der Waals surface area contributed by atoms with Gasteiger partial charge in [-0.2, -0.15) is 0 Å². The van der Waals surface area contributed by atoms with Crippen LogP contribution in [0.2, 0.25) is 0 Å². The third-order valence-electron chi connectivity index (χ3n) is 3.40. The molecule has 116 valence electrons. The molecule has 0 bridgehead atoms. The van der Waals surface area contributed by atoms with E-state index in [2.05, 4.69) is 28.3 Å². The van der Waals surface area contributed by atoms with E-state index in [0.29, 0.717) is 0 Å². The molecule has 23 heavy (non-hydrogen) atoms. The number of nitrogens with zero attached hydrogens (tertiary/aromatic N) is 2. The van der Waals surface area contributed by atoms with Gasteiger partial charge in [-0.05, 0) is 36.2 Å². The van der Waals surface area contributed by atoms with Gasteiger partial charge in [-0.1, -0.05) is 25.1 Å². The van der Waals surface area contributed by atoms with Gasteiger partial charge in [0.05, 0.1) is 17.8 Å². The van der Waals surface area contributed by atoms with E-state index >= 15 is 0 Å². The van der Waals surface area contributed by atoms with Crippen LogP contribution in [0.1, 0.15) is 18.2 Å². The van der Waals surface area contributed by atoms with Crippen molar-refractivity contribution in [2.45, 2.75) is 19.8 Å². The van der Waals surface area contributed by atoms with E-state index in [1.165, 1.54) is 16.9 Å². The van der Waals surface area contributed by atoms with Crippen LogP contribution in [-0.2, 0) is 17.6 Å². The zero-order valence-electron chi connectivity index (χ0n) is 12.8. The van der Waals surface area contributed by atoms with Crippen molar-refractivity contribution in [3.63, 3.8) is 0 Å². The molecule has 2 heterocycles. The van der Waals surface area contributed by atoms with Crippen molar-refractivity contribution in [3.8, 4) is 10.7 Å². The largest absolute Gasteiger partial charge is 0.326 e. The second-order valence-electron chi connectivity index (χ2n) is 5.14. The summed E-state index contributed by atoms with van der Waals surface area (Å²) >= 11 is 1.50. The molecular formula is C18H17N3OS. The summed E-state index contributed by atoms with van der Waals surface area (Å²) < 4.78 is 0. The van der Waals surface area contributed by atoms with Crippen LogP contribution in [0.5, 0.6) is 0 Å². The van der Waals surface area contributed by atoms with Crippen LogP contribution >= 0.6 is 11.3 Å². The molecule has 1 N–H and O–H groups in total. The number of aryl methyl sites for hydroxylation is 1. The number of thiazole rings is 1. The maximum atomic E-state index is 12.2. The smallest absolute Gasteiger partial charge is 0.230 e. The SMILES string of the molecule is CCc1cccc(NC(=O)Cc2csc(-c3ccccn3)n2)c1. The fraction of sp³-hybridized carbons (Fsp3) is 0.167. The van der Waals surface area contributed by atoms with E-state index in [1.54, 1.807) is 6.20 Å². The van der Waals surface area contributed by atoms with E-state index < -0.39 is 0 Å². The molecule has 0 saturated heterocycles. The number of benzene rings is 1. The van der Waals surface area contributed by atoms with Gasteiger partial charge in [0.25, 0.3) is 0 Å². The first-order valence-corrected chi connectivity index (χ1v) is 8.37. The van der Waals surface area contributed by atoms with Crippen molar-refractivity contribution in [2.24, 2.45) is 0 Å². The highest BCUT2D eigenvalue weighted by atomic mass is 32.1. The molecule has 0 aliphatic carbocycles. The van der Waals surface area contributed by atoms with E-state index in [-0.39, 0.29) is 12.3 Å². The van der Waals surface area contributed by atoms with Gasteiger partial charge in [-0.15, -0.1) is 11.3 Å². The van der Waals surface area contributed by atoms with Gasteiger partial charge in [-0.3, -0.25) is 9.78 Å². The van der Waals surface area contributed by atoms with Crippen LogP contribution in [0, 0.1) is 0 Å². The lowest BCUT2D eigenvalue weighted by Crippen LogP contribution is -2.14. The average molecular weight is 323 g/mol. The van der Waals surface area contributed by atoms with Crippen molar-refractivity contribution in [3.05, 3.63) is 65.3 Å². The number of hydrogen-bond donors (Lipinski definition) is 1. The average Bonchev–Trinajstić information content (AvgIpc) is 3.04. The van der Waals surface area contributed by atoms with Crippen LogP contribution in [0.3, 0.4) is 0 Å². The lowest BCUT2D eigenvalue weighted by molar-refractivity contribution is -0.115. The molecule has 0 atom stereocenters. The summed E-state index contributed by atoms with van der Waals surface area (Å²) in [6, 6.07) is 13.6. The minimum Gasteiger partial charge on any atom is -0.326 e. The van der Waals surface area contributed by atoms with E-state index in [9.17, 15) is 4.79 Å². The van der Waals surface area contributed by atoms with Crippen LogP contribution in [-0.4, -0.2) is 15.9 Å². The Morgan fingerprint density at radius 2 is 2.13 bits per heavy atom. The Kier molecular flexibility index (Phi) is 4.78. The Morgan fingerprint density at radius 1 is 1.22 bits per heavy atom. The molecule has 0 aliphatic heterocycles. The molecule has 5 heteroatoms. The topological polar surface area (TPSA) is 54.9 Å². The van der Waals surface area contributed by atoms with Crippen LogP contribution in [0.25, 0.3) is 10.7 Å². The van der Waals surface area contributed by atoms with E-state index in [1.807, 2.05) is 41.8 Å². The Hall–Kier alpha value is -2.53. The van der Waals surface area contributed by atoms with Gasteiger partial charge in [-0.25, -0.2) is 4.98 Å². The van der Waals surface area contributed by atoms with E-state index in [4.69, 9.17) is 0 Å². The fourth-order valence-electron chi connectivity index (χ4n) is 2.23. The number of carbonyl (C=O) groups is 1. The molecule has 4 nitrogen and oxygen atoms in total. The zero-order valence-corrected chi connectivity index (χ0v) is 13.6. The highest BCUT2D eigenvalue weighted by Gasteiger charge is 2.10. The molecule has 3 rings (SSSR count). The molecule has 1 aromatic carbocycles.